The summed E-state index contributed by atoms with van der Waals surface area (Å²) in [7, 11) is 0. The standard InChI is InChI=1S/C15H16FNO/c1-10-7-8-12(9-14(10)16)18-15-6-4-3-5-13(15)11(2)17/h3-9,11H,17H2,1-2H3/t11-/m0/s1. The van der Waals surface area contributed by atoms with Gasteiger partial charge in [0.15, 0.2) is 0 Å². The second-order valence-electron chi connectivity index (χ2n) is 4.34. The molecular weight excluding hydrogens is 229 g/mol. The number of benzene rings is 2. The third-order valence-electron chi connectivity index (χ3n) is 2.78. The summed E-state index contributed by atoms with van der Waals surface area (Å²) in [6.45, 7) is 3.60. The van der Waals surface area contributed by atoms with Gasteiger partial charge in [-0.3, -0.25) is 0 Å². The van der Waals surface area contributed by atoms with Crippen LogP contribution >= 0.6 is 0 Å². The molecule has 2 nitrogen and oxygen atoms in total. The number of hydrogen-bond donors (Lipinski definition) is 1. The molecule has 0 aliphatic carbocycles. The summed E-state index contributed by atoms with van der Waals surface area (Å²) in [5, 5.41) is 0. The molecule has 0 aliphatic heterocycles. The Morgan fingerprint density at radius 3 is 2.56 bits per heavy atom. The van der Waals surface area contributed by atoms with Gasteiger partial charge in [0.1, 0.15) is 17.3 Å². The van der Waals surface area contributed by atoms with Crippen molar-refractivity contribution in [2.45, 2.75) is 19.9 Å². The van der Waals surface area contributed by atoms with Crippen molar-refractivity contribution >= 4 is 0 Å². The van der Waals surface area contributed by atoms with E-state index in [1.807, 2.05) is 31.2 Å². The van der Waals surface area contributed by atoms with Gasteiger partial charge in [0, 0.05) is 17.7 Å². The molecule has 2 N–H and O–H groups in total. The topological polar surface area (TPSA) is 35.2 Å². The van der Waals surface area contributed by atoms with Gasteiger partial charge in [-0.2, -0.15) is 0 Å². The Morgan fingerprint density at radius 1 is 1.17 bits per heavy atom. The molecular formula is C15H16FNO. The van der Waals surface area contributed by atoms with Crippen LogP contribution in [0.4, 0.5) is 4.39 Å². The molecule has 18 heavy (non-hydrogen) atoms. The van der Waals surface area contributed by atoms with E-state index in [-0.39, 0.29) is 11.9 Å². The van der Waals surface area contributed by atoms with Gasteiger partial charge in [-0.25, -0.2) is 4.39 Å². The molecule has 0 unspecified atom stereocenters. The molecule has 0 saturated carbocycles. The minimum atomic E-state index is -0.272. The molecule has 0 aliphatic rings. The normalized spacial score (nSPS) is 12.2. The summed E-state index contributed by atoms with van der Waals surface area (Å²) < 4.78 is 19.1. The summed E-state index contributed by atoms with van der Waals surface area (Å²) in [5.74, 6) is 0.868. The number of hydrogen-bond acceptors (Lipinski definition) is 2. The van der Waals surface area contributed by atoms with E-state index in [1.165, 1.54) is 6.07 Å². The van der Waals surface area contributed by atoms with Crippen molar-refractivity contribution in [3.05, 3.63) is 59.4 Å². The predicted octanol–water partition coefficient (Wildman–Crippen LogP) is 3.95. The van der Waals surface area contributed by atoms with Crippen molar-refractivity contribution in [3.63, 3.8) is 0 Å². The van der Waals surface area contributed by atoms with Gasteiger partial charge >= 0.3 is 0 Å². The maximum absolute atomic E-state index is 13.4. The van der Waals surface area contributed by atoms with E-state index in [4.69, 9.17) is 10.5 Å². The fourth-order valence-corrected chi connectivity index (χ4v) is 1.71. The molecule has 0 spiro atoms. The molecule has 0 aromatic heterocycles. The predicted molar refractivity (Wildman–Crippen MR) is 70.3 cm³/mol. The first-order chi connectivity index (χ1) is 8.58. The average Bonchev–Trinajstić information content (AvgIpc) is 2.34. The maximum Gasteiger partial charge on any atom is 0.132 e. The van der Waals surface area contributed by atoms with Gasteiger partial charge < -0.3 is 10.5 Å². The zero-order chi connectivity index (χ0) is 13.1. The van der Waals surface area contributed by atoms with Crippen LogP contribution in [0.3, 0.4) is 0 Å². The minimum absolute atomic E-state index is 0.128. The lowest BCUT2D eigenvalue weighted by molar-refractivity contribution is 0.466. The second kappa shape index (κ2) is 5.19. The Hall–Kier alpha value is -1.87. The maximum atomic E-state index is 13.4. The molecule has 3 heteroatoms. The van der Waals surface area contributed by atoms with Crippen molar-refractivity contribution in [3.8, 4) is 11.5 Å². The van der Waals surface area contributed by atoms with Gasteiger partial charge in [0.2, 0.25) is 0 Å². The first kappa shape index (κ1) is 12.6. The molecule has 2 aromatic carbocycles. The molecule has 0 bridgehead atoms. The van der Waals surface area contributed by atoms with Crippen LogP contribution in [0.15, 0.2) is 42.5 Å². The third kappa shape index (κ3) is 2.68. The summed E-state index contributed by atoms with van der Waals surface area (Å²) >= 11 is 0. The lowest BCUT2D eigenvalue weighted by Gasteiger charge is -2.13. The number of ether oxygens (including phenoxy) is 1. The Kier molecular flexibility index (Phi) is 3.63. The van der Waals surface area contributed by atoms with E-state index >= 15 is 0 Å². The van der Waals surface area contributed by atoms with Crippen LogP contribution in [0.5, 0.6) is 11.5 Å². The minimum Gasteiger partial charge on any atom is -0.457 e. The highest BCUT2D eigenvalue weighted by molar-refractivity contribution is 5.40. The van der Waals surface area contributed by atoms with E-state index in [1.54, 1.807) is 19.1 Å². The first-order valence-corrected chi connectivity index (χ1v) is 5.86. The zero-order valence-corrected chi connectivity index (χ0v) is 10.5. The molecule has 94 valence electrons. The second-order valence-corrected chi connectivity index (χ2v) is 4.34. The molecule has 0 saturated heterocycles. The summed E-state index contributed by atoms with van der Waals surface area (Å²) in [5.41, 5.74) is 7.37. The Labute approximate surface area is 106 Å². The van der Waals surface area contributed by atoms with Crippen LogP contribution in [0.1, 0.15) is 24.1 Å². The lowest BCUT2D eigenvalue weighted by atomic mass is 10.1. The number of nitrogens with two attached hydrogens (primary N) is 1. The monoisotopic (exact) mass is 245 g/mol. The molecule has 0 heterocycles. The van der Waals surface area contributed by atoms with Crippen LogP contribution in [0.2, 0.25) is 0 Å². The number of rotatable bonds is 3. The Bertz CT molecular complexity index is 552. The number of halogens is 1. The van der Waals surface area contributed by atoms with Crippen molar-refractivity contribution in [1.29, 1.82) is 0 Å². The smallest absolute Gasteiger partial charge is 0.132 e. The van der Waals surface area contributed by atoms with Crippen LogP contribution in [-0.4, -0.2) is 0 Å². The Balaban J connectivity index is 2.31. The molecule has 0 radical (unpaired) electrons. The van der Waals surface area contributed by atoms with Crippen LogP contribution < -0.4 is 10.5 Å². The summed E-state index contributed by atoms with van der Waals surface area (Å²) in [6, 6.07) is 12.2. The zero-order valence-electron chi connectivity index (χ0n) is 10.5. The molecule has 0 fully saturated rings. The third-order valence-corrected chi connectivity index (χ3v) is 2.78. The highest BCUT2D eigenvalue weighted by atomic mass is 19.1. The van der Waals surface area contributed by atoms with Gasteiger partial charge in [0.05, 0.1) is 0 Å². The highest BCUT2D eigenvalue weighted by Crippen LogP contribution is 2.29. The van der Waals surface area contributed by atoms with Gasteiger partial charge in [-0.05, 0) is 31.5 Å². The van der Waals surface area contributed by atoms with Crippen LogP contribution in [-0.2, 0) is 0 Å². The van der Waals surface area contributed by atoms with Gasteiger partial charge in [-0.1, -0.05) is 24.3 Å². The van der Waals surface area contributed by atoms with Crippen molar-refractivity contribution in [1.82, 2.24) is 0 Å². The Morgan fingerprint density at radius 2 is 1.89 bits per heavy atom. The van der Waals surface area contributed by atoms with Crippen molar-refractivity contribution < 1.29 is 9.13 Å². The average molecular weight is 245 g/mol. The SMILES string of the molecule is Cc1ccc(Oc2ccccc2[C@H](C)N)cc1F. The fourth-order valence-electron chi connectivity index (χ4n) is 1.71. The summed E-state index contributed by atoms with van der Waals surface area (Å²) in [4.78, 5) is 0. The molecule has 2 aromatic rings. The quantitative estimate of drug-likeness (QED) is 0.888. The van der Waals surface area contributed by atoms with Gasteiger partial charge in [0.25, 0.3) is 0 Å². The van der Waals surface area contributed by atoms with Crippen molar-refractivity contribution in [2.24, 2.45) is 5.73 Å². The van der Waals surface area contributed by atoms with E-state index < -0.39 is 0 Å². The molecule has 2 rings (SSSR count). The largest absolute Gasteiger partial charge is 0.457 e. The molecule has 1 atom stereocenters. The van der Waals surface area contributed by atoms with E-state index in [0.29, 0.717) is 17.1 Å². The number of aryl methyl sites for hydroxylation is 1. The van der Waals surface area contributed by atoms with E-state index in [2.05, 4.69) is 0 Å². The fraction of sp³-hybridized carbons (Fsp3) is 0.200. The lowest BCUT2D eigenvalue weighted by Crippen LogP contribution is -2.06. The van der Waals surface area contributed by atoms with Gasteiger partial charge in [-0.15, -0.1) is 0 Å². The highest BCUT2D eigenvalue weighted by Gasteiger charge is 2.08. The van der Waals surface area contributed by atoms with E-state index in [0.717, 1.165) is 5.56 Å². The first-order valence-electron chi connectivity index (χ1n) is 5.86. The number of para-hydroxylation sites is 1. The van der Waals surface area contributed by atoms with Crippen LogP contribution in [0.25, 0.3) is 0 Å². The van der Waals surface area contributed by atoms with E-state index in [9.17, 15) is 4.39 Å². The molecule has 0 amide bonds. The summed E-state index contributed by atoms with van der Waals surface area (Å²) in [6.07, 6.45) is 0. The van der Waals surface area contributed by atoms with Crippen molar-refractivity contribution in [2.75, 3.05) is 0 Å². The van der Waals surface area contributed by atoms with Crippen LogP contribution in [0, 0.1) is 12.7 Å².